The van der Waals surface area contributed by atoms with Gasteiger partial charge in [-0.2, -0.15) is 0 Å². The normalized spacial score (nSPS) is 10.1. The maximum absolute atomic E-state index is 11.8. The van der Waals surface area contributed by atoms with E-state index in [-0.39, 0.29) is 21.4 Å². The Balaban J connectivity index is 2.34. The number of hydrogen-bond acceptors (Lipinski definition) is 7. The smallest absolute Gasteiger partial charge is 0.282 e. The molecule has 0 unspecified atom stereocenters. The zero-order valence-electron chi connectivity index (χ0n) is 8.53. The molecular weight excluding hydrogens is 282 g/mol. The summed E-state index contributed by atoms with van der Waals surface area (Å²) in [5, 5.41) is 20.3. The van der Waals surface area contributed by atoms with Crippen LogP contribution in [0.25, 0.3) is 0 Å². The van der Waals surface area contributed by atoms with E-state index in [9.17, 15) is 14.9 Å². The molecule has 1 N–H and O–H groups in total. The molecule has 0 radical (unpaired) electrons. The average molecular weight is 286 g/mol. The number of nitrogens with zero attached hydrogens (tertiary/aromatic N) is 4. The quantitative estimate of drug-likeness (QED) is 0.679. The zero-order valence-corrected chi connectivity index (χ0v) is 10.1. The number of rotatable bonds is 3. The summed E-state index contributed by atoms with van der Waals surface area (Å²) >= 11 is 6.56. The summed E-state index contributed by atoms with van der Waals surface area (Å²) in [5.41, 5.74) is -0.489. The number of carbonyl (C=O) groups excluding carboxylic acids is 1. The highest BCUT2D eigenvalue weighted by Crippen LogP contribution is 2.23. The predicted molar refractivity (Wildman–Crippen MR) is 63.8 cm³/mol. The van der Waals surface area contributed by atoms with Crippen molar-refractivity contribution in [2.75, 3.05) is 5.32 Å². The Morgan fingerprint density at radius 3 is 2.89 bits per heavy atom. The summed E-state index contributed by atoms with van der Waals surface area (Å²) in [7, 11) is 0. The van der Waals surface area contributed by atoms with Crippen LogP contribution in [-0.2, 0) is 0 Å². The Bertz CT molecular complexity index is 603. The first-order valence-corrected chi connectivity index (χ1v) is 5.63. The fourth-order valence-corrected chi connectivity index (χ4v) is 1.73. The number of aromatic nitrogens is 3. The average Bonchev–Trinajstić information content (AvgIpc) is 2.81. The second-order valence-corrected chi connectivity index (χ2v) is 4.21. The highest BCUT2D eigenvalue weighted by molar-refractivity contribution is 7.09. The molecule has 0 saturated carbocycles. The van der Waals surface area contributed by atoms with Gasteiger partial charge in [-0.15, -0.1) is 0 Å². The lowest BCUT2D eigenvalue weighted by Crippen LogP contribution is -2.13. The van der Waals surface area contributed by atoms with E-state index in [2.05, 4.69) is 20.1 Å². The summed E-state index contributed by atoms with van der Waals surface area (Å²) in [6.07, 6.45) is 0. The first-order valence-electron chi connectivity index (χ1n) is 4.48. The molecule has 1 amide bonds. The highest BCUT2D eigenvalue weighted by atomic mass is 35.5. The van der Waals surface area contributed by atoms with Crippen molar-refractivity contribution >= 4 is 39.9 Å². The standard InChI is InChI=1S/C8H4ClN5O3S/c9-4-1-2-6(14(16)17)5(3-4)7(15)10-8-11-12-13-18-8/h1-3H,(H,10,11,13,15). The van der Waals surface area contributed by atoms with Crippen molar-refractivity contribution in [3.63, 3.8) is 0 Å². The summed E-state index contributed by atoms with van der Waals surface area (Å²) in [6, 6.07) is 3.71. The molecule has 0 spiro atoms. The molecule has 0 atom stereocenters. The van der Waals surface area contributed by atoms with Crippen molar-refractivity contribution in [3.8, 4) is 0 Å². The highest BCUT2D eigenvalue weighted by Gasteiger charge is 2.21. The number of benzene rings is 1. The van der Waals surface area contributed by atoms with Crippen molar-refractivity contribution in [2.24, 2.45) is 0 Å². The predicted octanol–water partition coefficient (Wildman–Crippen LogP) is 1.75. The lowest BCUT2D eigenvalue weighted by Gasteiger charge is -2.02. The third-order valence-electron chi connectivity index (χ3n) is 1.92. The van der Waals surface area contributed by atoms with E-state index < -0.39 is 10.8 Å². The van der Waals surface area contributed by atoms with E-state index >= 15 is 0 Å². The van der Waals surface area contributed by atoms with Crippen LogP contribution in [0.4, 0.5) is 10.8 Å². The molecule has 0 fully saturated rings. The van der Waals surface area contributed by atoms with E-state index in [4.69, 9.17) is 11.6 Å². The molecule has 1 aromatic heterocycles. The van der Waals surface area contributed by atoms with Gasteiger partial charge in [-0.05, 0) is 17.3 Å². The van der Waals surface area contributed by atoms with Crippen molar-refractivity contribution < 1.29 is 9.72 Å². The zero-order chi connectivity index (χ0) is 13.1. The van der Waals surface area contributed by atoms with Gasteiger partial charge in [-0.1, -0.05) is 21.2 Å². The summed E-state index contributed by atoms with van der Waals surface area (Å²) in [6.45, 7) is 0. The Kier molecular flexibility index (Phi) is 3.44. The Labute approximate surface area is 109 Å². The molecule has 0 bridgehead atoms. The van der Waals surface area contributed by atoms with Crippen LogP contribution in [0.15, 0.2) is 18.2 Å². The largest absolute Gasteiger partial charge is 0.295 e. The Morgan fingerprint density at radius 2 is 2.28 bits per heavy atom. The van der Waals surface area contributed by atoms with Crippen molar-refractivity contribution in [2.45, 2.75) is 0 Å². The van der Waals surface area contributed by atoms with E-state index in [0.717, 1.165) is 17.6 Å². The molecule has 10 heteroatoms. The third-order valence-corrected chi connectivity index (χ3v) is 2.67. The minimum absolute atomic E-state index is 0.147. The van der Waals surface area contributed by atoms with Crippen LogP contribution in [0.5, 0.6) is 0 Å². The second kappa shape index (κ2) is 5.02. The lowest BCUT2D eigenvalue weighted by molar-refractivity contribution is -0.385. The van der Waals surface area contributed by atoms with Crippen molar-refractivity contribution in [1.82, 2.24) is 14.8 Å². The van der Waals surface area contributed by atoms with Crippen LogP contribution in [0.1, 0.15) is 10.4 Å². The number of nitro benzene ring substituents is 1. The second-order valence-electron chi connectivity index (χ2n) is 3.04. The van der Waals surface area contributed by atoms with Gasteiger partial charge in [0.05, 0.1) is 4.92 Å². The molecule has 0 aliphatic rings. The first kappa shape index (κ1) is 12.3. The van der Waals surface area contributed by atoms with Gasteiger partial charge >= 0.3 is 0 Å². The summed E-state index contributed by atoms with van der Waals surface area (Å²) in [5.74, 6) is -0.692. The van der Waals surface area contributed by atoms with E-state index in [1.807, 2.05) is 0 Å². The number of anilines is 1. The van der Waals surface area contributed by atoms with Gasteiger partial charge in [0.2, 0.25) is 5.13 Å². The molecule has 8 nitrogen and oxygen atoms in total. The van der Waals surface area contributed by atoms with E-state index in [1.54, 1.807) is 0 Å². The number of nitro groups is 1. The molecule has 1 aromatic carbocycles. The molecule has 18 heavy (non-hydrogen) atoms. The lowest BCUT2D eigenvalue weighted by atomic mass is 10.1. The van der Waals surface area contributed by atoms with Gasteiger partial charge in [0.15, 0.2) is 0 Å². The minimum atomic E-state index is -0.692. The van der Waals surface area contributed by atoms with Crippen LogP contribution < -0.4 is 5.32 Å². The van der Waals surface area contributed by atoms with Gasteiger partial charge in [0.25, 0.3) is 11.6 Å². The number of amides is 1. The van der Waals surface area contributed by atoms with E-state index in [1.165, 1.54) is 12.1 Å². The first-order chi connectivity index (χ1) is 8.58. The van der Waals surface area contributed by atoms with Crippen LogP contribution in [0, 0.1) is 10.1 Å². The molecule has 2 aromatic rings. The van der Waals surface area contributed by atoms with E-state index in [0.29, 0.717) is 0 Å². The molecule has 1 heterocycles. The van der Waals surface area contributed by atoms with Crippen LogP contribution >= 0.6 is 23.1 Å². The minimum Gasteiger partial charge on any atom is -0.295 e. The number of halogens is 1. The molecule has 0 aliphatic carbocycles. The maximum Gasteiger partial charge on any atom is 0.282 e. The molecule has 92 valence electrons. The fourth-order valence-electron chi connectivity index (χ4n) is 1.20. The number of hydrogen-bond donors (Lipinski definition) is 1. The topological polar surface area (TPSA) is 111 Å². The number of carbonyl (C=O) groups is 1. The van der Waals surface area contributed by atoms with Crippen LogP contribution in [0.2, 0.25) is 5.02 Å². The van der Waals surface area contributed by atoms with Gasteiger partial charge in [-0.3, -0.25) is 20.2 Å². The Morgan fingerprint density at radius 1 is 1.50 bits per heavy atom. The van der Waals surface area contributed by atoms with Gasteiger partial charge < -0.3 is 0 Å². The molecule has 0 aliphatic heterocycles. The third kappa shape index (κ3) is 2.57. The fraction of sp³-hybridized carbons (Fsp3) is 0. The van der Waals surface area contributed by atoms with Crippen molar-refractivity contribution in [1.29, 1.82) is 0 Å². The number of nitrogens with one attached hydrogen (secondary N) is 1. The summed E-state index contributed by atoms with van der Waals surface area (Å²) in [4.78, 5) is 21.9. The molecule has 2 rings (SSSR count). The van der Waals surface area contributed by atoms with Crippen molar-refractivity contribution in [3.05, 3.63) is 38.9 Å². The molecule has 0 saturated heterocycles. The SMILES string of the molecule is O=C(Nc1nnns1)c1cc(Cl)ccc1[N+](=O)[O-]. The Hall–Kier alpha value is -2.13. The van der Waals surface area contributed by atoms with Crippen LogP contribution in [-0.4, -0.2) is 25.6 Å². The van der Waals surface area contributed by atoms with Gasteiger partial charge in [0.1, 0.15) is 5.56 Å². The maximum atomic E-state index is 11.8. The van der Waals surface area contributed by atoms with Gasteiger partial charge in [-0.25, -0.2) is 0 Å². The monoisotopic (exact) mass is 285 g/mol. The van der Waals surface area contributed by atoms with Gasteiger partial charge in [0, 0.05) is 22.6 Å². The summed E-state index contributed by atoms with van der Waals surface area (Å²) < 4.78 is 3.45. The van der Waals surface area contributed by atoms with Crippen LogP contribution in [0.3, 0.4) is 0 Å². The molecular formula is C8H4ClN5O3S.